The first-order valence-electron chi connectivity index (χ1n) is 7.56. The molecule has 0 bridgehead atoms. The maximum atomic E-state index is 10.8. The summed E-state index contributed by atoms with van der Waals surface area (Å²) in [4.78, 5) is 10.8. The normalized spacial score (nSPS) is 14.2. The van der Waals surface area contributed by atoms with E-state index in [4.69, 9.17) is 19.7 Å². The van der Waals surface area contributed by atoms with Crippen LogP contribution in [0, 0.1) is 0 Å². The Bertz CT molecular complexity index is 407. The van der Waals surface area contributed by atoms with Crippen LogP contribution in [0.1, 0.15) is 31.1 Å². The molecule has 0 fully saturated rings. The summed E-state index contributed by atoms with van der Waals surface area (Å²) in [5, 5.41) is 17.6. The van der Waals surface area contributed by atoms with Gasteiger partial charge >= 0.3 is 5.97 Å². The van der Waals surface area contributed by atoms with E-state index in [1.165, 1.54) is 7.11 Å². The second-order valence-corrected chi connectivity index (χ2v) is 5.18. The van der Waals surface area contributed by atoms with Crippen molar-refractivity contribution in [1.29, 1.82) is 0 Å². The van der Waals surface area contributed by atoms with Crippen LogP contribution in [0.15, 0.2) is 30.3 Å². The largest absolute Gasteiger partial charge is 0.465 e. The highest BCUT2D eigenvalue weighted by Gasteiger charge is 2.07. The Labute approximate surface area is 138 Å². The third-order valence-electron chi connectivity index (χ3n) is 2.69. The molecule has 0 amide bonds. The van der Waals surface area contributed by atoms with Crippen molar-refractivity contribution in [2.45, 2.75) is 39.1 Å². The fraction of sp³-hybridized carbons (Fsp3) is 0.588. The van der Waals surface area contributed by atoms with E-state index in [9.17, 15) is 4.79 Å². The molecule has 1 rings (SSSR count). The number of rotatable bonds is 8. The van der Waals surface area contributed by atoms with Crippen LogP contribution in [0.3, 0.4) is 0 Å². The predicted octanol–water partition coefficient (Wildman–Crippen LogP) is 1.64. The fourth-order valence-corrected chi connectivity index (χ4v) is 1.40. The van der Waals surface area contributed by atoms with Gasteiger partial charge in [-0.25, -0.2) is 4.79 Å². The number of hydrogen-bond acceptors (Lipinski definition) is 6. The Morgan fingerprint density at radius 1 is 1.04 bits per heavy atom. The van der Waals surface area contributed by atoms with Crippen LogP contribution in [0.2, 0.25) is 0 Å². The lowest BCUT2D eigenvalue weighted by Crippen LogP contribution is -2.24. The van der Waals surface area contributed by atoms with Crippen molar-refractivity contribution in [1.82, 2.24) is 0 Å². The van der Waals surface area contributed by atoms with Crippen molar-refractivity contribution in [3.8, 4) is 0 Å². The number of carbonyl (C=O) groups excluding carboxylic acids is 1. The zero-order chi connectivity index (χ0) is 17.7. The van der Waals surface area contributed by atoms with Gasteiger partial charge in [0.1, 0.15) is 0 Å². The lowest BCUT2D eigenvalue weighted by molar-refractivity contribution is -0.0620. The third-order valence-corrected chi connectivity index (χ3v) is 2.69. The van der Waals surface area contributed by atoms with Crippen LogP contribution in [-0.2, 0) is 14.2 Å². The van der Waals surface area contributed by atoms with Crippen molar-refractivity contribution in [2.24, 2.45) is 0 Å². The number of benzene rings is 1. The summed E-state index contributed by atoms with van der Waals surface area (Å²) < 4.78 is 15.0. The van der Waals surface area contributed by atoms with Crippen LogP contribution in [0.25, 0.3) is 0 Å². The molecule has 1 aromatic rings. The first-order chi connectivity index (χ1) is 10.9. The number of ether oxygens (including phenoxy) is 3. The van der Waals surface area contributed by atoms with Gasteiger partial charge in [-0.2, -0.15) is 0 Å². The molecule has 2 N–H and O–H groups in total. The Morgan fingerprint density at radius 3 is 2.09 bits per heavy atom. The van der Waals surface area contributed by atoms with Gasteiger partial charge in [0.15, 0.2) is 0 Å². The SMILES string of the molecule is CC(O)COC(C)COC(C)CO.COC(=O)c1ccccc1. The van der Waals surface area contributed by atoms with Crippen molar-refractivity contribution in [2.75, 3.05) is 26.9 Å². The topological polar surface area (TPSA) is 85.2 Å². The molecule has 23 heavy (non-hydrogen) atoms. The quantitative estimate of drug-likeness (QED) is 0.706. The second kappa shape index (κ2) is 13.0. The minimum absolute atomic E-state index is 0.0170. The maximum absolute atomic E-state index is 10.8. The number of carbonyl (C=O) groups is 1. The second-order valence-electron chi connectivity index (χ2n) is 5.18. The van der Waals surface area contributed by atoms with Crippen LogP contribution in [0.4, 0.5) is 0 Å². The highest BCUT2D eigenvalue weighted by atomic mass is 16.5. The van der Waals surface area contributed by atoms with E-state index in [1.54, 1.807) is 38.1 Å². The van der Waals surface area contributed by atoms with Gasteiger partial charge in [-0.1, -0.05) is 18.2 Å². The molecule has 3 atom stereocenters. The van der Waals surface area contributed by atoms with E-state index in [1.807, 2.05) is 13.0 Å². The molecule has 0 aliphatic heterocycles. The smallest absolute Gasteiger partial charge is 0.337 e. The maximum Gasteiger partial charge on any atom is 0.337 e. The highest BCUT2D eigenvalue weighted by Crippen LogP contribution is 1.99. The van der Waals surface area contributed by atoms with Gasteiger partial charge in [-0.15, -0.1) is 0 Å². The molecule has 0 radical (unpaired) electrons. The zero-order valence-electron chi connectivity index (χ0n) is 14.3. The predicted molar refractivity (Wildman–Crippen MR) is 87.4 cm³/mol. The number of esters is 1. The van der Waals surface area contributed by atoms with E-state index in [-0.39, 0.29) is 24.8 Å². The van der Waals surface area contributed by atoms with E-state index in [0.29, 0.717) is 18.8 Å². The van der Waals surface area contributed by atoms with E-state index in [2.05, 4.69) is 4.74 Å². The molecule has 0 saturated heterocycles. The Balaban J connectivity index is 0.000000433. The first-order valence-corrected chi connectivity index (χ1v) is 7.56. The Hall–Kier alpha value is -1.47. The van der Waals surface area contributed by atoms with Crippen molar-refractivity contribution in [3.63, 3.8) is 0 Å². The van der Waals surface area contributed by atoms with Crippen molar-refractivity contribution in [3.05, 3.63) is 35.9 Å². The molecule has 1 aromatic carbocycles. The molecule has 0 spiro atoms. The van der Waals surface area contributed by atoms with Crippen LogP contribution < -0.4 is 0 Å². The first kappa shape index (κ1) is 21.5. The minimum atomic E-state index is -0.447. The number of aliphatic hydroxyl groups is 2. The van der Waals surface area contributed by atoms with E-state index in [0.717, 1.165) is 0 Å². The van der Waals surface area contributed by atoms with E-state index < -0.39 is 6.10 Å². The molecule has 6 nitrogen and oxygen atoms in total. The summed E-state index contributed by atoms with van der Waals surface area (Å²) in [5.74, 6) is -0.291. The summed E-state index contributed by atoms with van der Waals surface area (Å²) >= 11 is 0. The minimum Gasteiger partial charge on any atom is -0.465 e. The van der Waals surface area contributed by atoms with Gasteiger partial charge in [0.25, 0.3) is 0 Å². The lowest BCUT2D eigenvalue weighted by atomic mass is 10.2. The number of aliphatic hydroxyl groups excluding tert-OH is 2. The summed E-state index contributed by atoms with van der Waals surface area (Å²) in [5.41, 5.74) is 0.588. The monoisotopic (exact) mass is 328 g/mol. The lowest BCUT2D eigenvalue weighted by Gasteiger charge is -2.16. The van der Waals surface area contributed by atoms with Gasteiger partial charge in [0.2, 0.25) is 0 Å². The number of methoxy groups -OCH3 is 1. The average Bonchev–Trinajstić information content (AvgIpc) is 2.58. The Kier molecular flexibility index (Phi) is 12.2. The molecular formula is C17H28O6. The van der Waals surface area contributed by atoms with Crippen molar-refractivity contribution >= 4 is 5.97 Å². The standard InChI is InChI=1S/C9H20O4.C8H8O2/c1-7(11)5-12-9(3)6-13-8(2)4-10;1-10-8(9)7-5-3-2-4-6-7/h7-11H,4-6H2,1-3H3;2-6H,1H3. The summed E-state index contributed by atoms with van der Waals surface area (Å²) in [7, 11) is 1.37. The molecular weight excluding hydrogens is 300 g/mol. The molecule has 0 aliphatic carbocycles. The zero-order valence-corrected chi connectivity index (χ0v) is 14.3. The van der Waals surface area contributed by atoms with Crippen LogP contribution in [0.5, 0.6) is 0 Å². The summed E-state index contributed by atoms with van der Waals surface area (Å²) in [6.07, 6.45) is -0.654. The van der Waals surface area contributed by atoms with Gasteiger partial charge in [-0.05, 0) is 32.9 Å². The van der Waals surface area contributed by atoms with E-state index >= 15 is 0 Å². The average molecular weight is 328 g/mol. The Morgan fingerprint density at radius 2 is 1.61 bits per heavy atom. The van der Waals surface area contributed by atoms with Crippen LogP contribution in [-0.4, -0.2) is 61.4 Å². The van der Waals surface area contributed by atoms with Crippen LogP contribution >= 0.6 is 0 Å². The summed E-state index contributed by atoms with van der Waals surface area (Å²) in [6, 6.07) is 8.88. The summed E-state index contributed by atoms with van der Waals surface area (Å²) in [6.45, 7) is 6.10. The molecule has 0 aliphatic rings. The molecule has 132 valence electrons. The highest BCUT2D eigenvalue weighted by molar-refractivity contribution is 5.89. The molecule has 3 unspecified atom stereocenters. The number of hydrogen-bond donors (Lipinski definition) is 2. The third kappa shape index (κ3) is 11.7. The van der Waals surface area contributed by atoms with Crippen molar-refractivity contribution < 1.29 is 29.2 Å². The molecule has 0 heterocycles. The van der Waals surface area contributed by atoms with Gasteiger partial charge < -0.3 is 24.4 Å². The van der Waals surface area contributed by atoms with Gasteiger partial charge in [0.05, 0.1) is 50.8 Å². The van der Waals surface area contributed by atoms with Gasteiger partial charge in [0, 0.05) is 0 Å². The molecule has 0 aromatic heterocycles. The van der Waals surface area contributed by atoms with Gasteiger partial charge in [-0.3, -0.25) is 0 Å². The fourth-order valence-electron chi connectivity index (χ4n) is 1.40. The molecule has 6 heteroatoms. The molecule has 0 saturated carbocycles.